The number of allylic oxidation sites excluding steroid dienone is 1. The monoisotopic (exact) mass is 726 g/mol. The third-order valence-corrected chi connectivity index (χ3v) is 8.42. The maximum Gasteiger partial charge on any atom is 0.306 e. The first-order chi connectivity index (χ1) is 24.9. The van der Waals surface area contributed by atoms with E-state index in [1.54, 1.807) is 32.0 Å². The van der Waals surface area contributed by atoms with Crippen LogP contribution in [0.5, 0.6) is 0 Å². The summed E-state index contributed by atoms with van der Waals surface area (Å²) in [6.07, 6.45) is 9.60. The third kappa shape index (κ3) is 16.3. The Balaban J connectivity index is 1.95. The molecule has 0 saturated heterocycles. The number of ether oxygens (including phenoxy) is 3. The van der Waals surface area contributed by atoms with E-state index >= 15 is 0 Å². The van der Waals surface area contributed by atoms with Crippen molar-refractivity contribution in [2.45, 2.75) is 106 Å². The lowest BCUT2D eigenvalue weighted by molar-refractivity contribution is -0.145. The molecule has 3 N–H and O–H groups in total. The van der Waals surface area contributed by atoms with E-state index in [2.05, 4.69) is 42.8 Å². The summed E-state index contributed by atoms with van der Waals surface area (Å²) in [6.45, 7) is 12.7. The van der Waals surface area contributed by atoms with Gasteiger partial charge in [0.1, 0.15) is 12.6 Å². The Labute approximate surface area is 308 Å². The van der Waals surface area contributed by atoms with E-state index in [9.17, 15) is 28.8 Å². The summed E-state index contributed by atoms with van der Waals surface area (Å²) in [7, 11) is 0. The van der Waals surface area contributed by atoms with Gasteiger partial charge in [-0.2, -0.15) is 0 Å². The molecule has 1 aliphatic heterocycles. The summed E-state index contributed by atoms with van der Waals surface area (Å²) < 4.78 is 17.0. The molecule has 2 rings (SSSR count). The topological polar surface area (TPSA) is 169 Å². The molecule has 13 nitrogen and oxygen atoms in total. The Morgan fingerprint density at radius 2 is 1.58 bits per heavy atom. The lowest BCUT2D eigenvalue weighted by Crippen LogP contribution is -2.51. The molecule has 1 aromatic rings. The molecule has 52 heavy (non-hydrogen) atoms. The number of hydrogen-bond acceptors (Lipinski definition) is 9. The number of amides is 5. The number of rotatable bonds is 25. The molecule has 1 aromatic carbocycles. The van der Waals surface area contributed by atoms with Crippen LogP contribution < -0.4 is 16.0 Å². The van der Waals surface area contributed by atoms with Crippen LogP contribution >= 0.6 is 0 Å². The van der Waals surface area contributed by atoms with Gasteiger partial charge < -0.3 is 30.2 Å². The van der Waals surface area contributed by atoms with Crippen molar-refractivity contribution in [3.05, 3.63) is 53.1 Å². The molecule has 1 aliphatic rings. The smallest absolute Gasteiger partial charge is 0.306 e. The number of nitrogens with zero attached hydrogens (tertiary/aromatic N) is 1. The molecule has 5 amide bonds. The van der Waals surface area contributed by atoms with Crippen molar-refractivity contribution >= 4 is 41.2 Å². The van der Waals surface area contributed by atoms with Gasteiger partial charge >= 0.3 is 5.97 Å². The summed E-state index contributed by atoms with van der Waals surface area (Å²) in [5.41, 5.74) is 3.27. The van der Waals surface area contributed by atoms with Gasteiger partial charge in [-0.25, -0.2) is 0 Å². The highest BCUT2D eigenvalue weighted by Crippen LogP contribution is 2.20. The zero-order valence-corrected chi connectivity index (χ0v) is 31.7. The number of unbranched alkanes of at least 4 members (excludes halogenated alkanes) is 1. The van der Waals surface area contributed by atoms with E-state index < -0.39 is 35.6 Å². The second kappa shape index (κ2) is 24.0. The molecular weight excluding hydrogens is 668 g/mol. The zero-order valence-electron chi connectivity index (χ0n) is 31.7. The van der Waals surface area contributed by atoms with Crippen molar-refractivity contribution < 1.29 is 43.0 Å². The van der Waals surface area contributed by atoms with Gasteiger partial charge in [0.25, 0.3) is 11.8 Å². The molecule has 2 unspecified atom stereocenters. The number of anilines is 1. The quantitative estimate of drug-likeness (QED) is 0.0558. The summed E-state index contributed by atoms with van der Waals surface area (Å²) in [4.78, 5) is 74.9. The summed E-state index contributed by atoms with van der Waals surface area (Å²) in [6, 6.07) is 4.39. The van der Waals surface area contributed by atoms with Crippen LogP contribution in [0.15, 0.2) is 42.0 Å². The number of esters is 1. The molecule has 0 saturated carbocycles. The average Bonchev–Trinajstić information content (AvgIpc) is 3.43. The van der Waals surface area contributed by atoms with Crippen LogP contribution in [0.2, 0.25) is 0 Å². The van der Waals surface area contributed by atoms with Crippen molar-refractivity contribution in [1.82, 2.24) is 15.5 Å². The number of imide groups is 1. The highest BCUT2D eigenvalue weighted by molar-refractivity contribution is 6.12. The van der Waals surface area contributed by atoms with Crippen LogP contribution in [-0.4, -0.2) is 79.4 Å². The van der Waals surface area contributed by atoms with Gasteiger partial charge in [-0.05, 0) is 53.5 Å². The fraction of sp³-hybridized carbons (Fsp3) is 0.590. The van der Waals surface area contributed by atoms with Gasteiger partial charge in [0.15, 0.2) is 0 Å². The standard InChI is InChI=1S/C39H58N4O9/c1-7-10-12-37(48)52-26-30-13-14-32(22-31(30)25-51-24-29(11-8-2)21-28(6)9-3)41-34(45)23-40-39(49)38(27(4)5)42-33(44)17-19-50-20-18-43-35(46)15-16-36(43)47/h13-16,21-22,27-28,38H,7-12,17-20,23-26H2,1-6H3,(H,40,49)(H,41,45)(H,42,44)/b29-21+. The Kier molecular flexibility index (Phi) is 20.2. The number of nitrogens with one attached hydrogen (secondary N) is 3. The van der Waals surface area contributed by atoms with Gasteiger partial charge in [-0.15, -0.1) is 0 Å². The Hall–Kier alpha value is -4.36. The minimum absolute atomic E-state index is 0.0338. The molecule has 2 atom stereocenters. The molecule has 0 fully saturated rings. The second-order valence-corrected chi connectivity index (χ2v) is 13.3. The average molecular weight is 727 g/mol. The van der Waals surface area contributed by atoms with Crippen LogP contribution in [0.3, 0.4) is 0 Å². The minimum Gasteiger partial charge on any atom is -0.461 e. The summed E-state index contributed by atoms with van der Waals surface area (Å²) in [5.74, 6) is -2.29. The SMILES string of the molecule is CCCCC(=O)OCc1ccc(NC(=O)CNC(=O)C(NC(=O)CCOCCN2C(=O)C=CC2=O)C(C)C)cc1COC/C(=C/C(C)CC)CCC. The molecule has 1 heterocycles. The van der Waals surface area contributed by atoms with E-state index in [0.717, 1.165) is 48.1 Å². The predicted octanol–water partition coefficient (Wildman–Crippen LogP) is 4.74. The maximum atomic E-state index is 13.0. The highest BCUT2D eigenvalue weighted by Gasteiger charge is 2.25. The predicted molar refractivity (Wildman–Crippen MR) is 198 cm³/mol. The lowest BCUT2D eigenvalue weighted by Gasteiger charge is -2.22. The number of benzene rings is 1. The highest BCUT2D eigenvalue weighted by atomic mass is 16.5. The second-order valence-electron chi connectivity index (χ2n) is 13.3. The van der Waals surface area contributed by atoms with Crippen LogP contribution in [0.4, 0.5) is 5.69 Å². The Bertz CT molecular complexity index is 1400. The number of carbonyl (C=O) groups is 6. The molecule has 13 heteroatoms. The van der Waals surface area contributed by atoms with Crippen molar-refractivity contribution in [1.29, 1.82) is 0 Å². The Morgan fingerprint density at radius 1 is 0.846 bits per heavy atom. The van der Waals surface area contributed by atoms with Gasteiger partial charge in [-0.1, -0.05) is 72.9 Å². The van der Waals surface area contributed by atoms with E-state index in [0.29, 0.717) is 24.6 Å². The van der Waals surface area contributed by atoms with Crippen molar-refractivity contribution in [3.8, 4) is 0 Å². The molecule has 0 bridgehead atoms. The van der Waals surface area contributed by atoms with Crippen LogP contribution in [0.1, 0.15) is 97.6 Å². The molecule has 0 spiro atoms. The van der Waals surface area contributed by atoms with Crippen LogP contribution in [0, 0.1) is 11.8 Å². The van der Waals surface area contributed by atoms with Crippen LogP contribution in [-0.2, 0) is 56.2 Å². The van der Waals surface area contributed by atoms with E-state index in [-0.39, 0.29) is 57.8 Å². The normalized spacial score (nSPS) is 14.1. The fourth-order valence-electron chi connectivity index (χ4n) is 5.20. The first-order valence-electron chi connectivity index (χ1n) is 18.4. The molecule has 0 aliphatic carbocycles. The van der Waals surface area contributed by atoms with Gasteiger partial charge in [0.05, 0.1) is 39.5 Å². The molecule has 0 aromatic heterocycles. The largest absolute Gasteiger partial charge is 0.461 e. The van der Waals surface area contributed by atoms with E-state index in [1.165, 1.54) is 17.7 Å². The third-order valence-electron chi connectivity index (χ3n) is 8.42. The Morgan fingerprint density at radius 3 is 2.23 bits per heavy atom. The van der Waals surface area contributed by atoms with Crippen molar-refractivity contribution in [2.75, 3.05) is 38.2 Å². The first kappa shape index (κ1) is 43.8. The molecule has 0 radical (unpaired) electrons. The van der Waals surface area contributed by atoms with Crippen LogP contribution in [0.25, 0.3) is 0 Å². The summed E-state index contributed by atoms with van der Waals surface area (Å²) >= 11 is 0. The van der Waals surface area contributed by atoms with Crippen molar-refractivity contribution in [3.63, 3.8) is 0 Å². The van der Waals surface area contributed by atoms with E-state index in [4.69, 9.17) is 14.2 Å². The number of carbonyl (C=O) groups excluding carboxylic acids is 6. The van der Waals surface area contributed by atoms with Gasteiger partial charge in [0.2, 0.25) is 17.7 Å². The minimum atomic E-state index is -0.888. The lowest BCUT2D eigenvalue weighted by atomic mass is 10.0. The maximum absolute atomic E-state index is 13.0. The first-order valence-corrected chi connectivity index (χ1v) is 18.4. The fourth-order valence-corrected chi connectivity index (χ4v) is 5.20. The summed E-state index contributed by atoms with van der Waals surface area (Å²) in [5, 5.41) is 8.09. The van der Waals surface area contributed by atoms with Gasteiger partial charge in [0, 0.05) is 30.7 Å². The molecule has 288 valence electrons. The van der Waals surface area contributed by atoms with E-state index in [1.807, 2.05) is 6.92 Å². The number of hydrogen-bond donors (Lipinski definition) is 3. The zero-order chi connectivity index (χ0) is 38.5. The van der Waals surface area contributed by atoms with Crippen molar-refractivity contribution in [2.24, 2.45) is 11.8 Å². The van der Waals surface area contributed by atoms with Gasteiger partial charge in [-0.3, -0.25) is 33.7 Å². The molecular formula is C39H58N4O9.